The summed E-state index contributed by atoms with van der Waals surface area (Å²) >= 11 is 0. The van der Waals surface area contributed by atoms with Gasteiger partial charge < -0.3 is 15.0 Å². The van der Waals surface area contributed by atoms with Crippen molar-refractivity contribution in [2.24, 2.45) is 0 Å². The van der Waals surface area contributed by atoms with Crippen molar-refractivity contribution < 1.29 is 18.7 Å². The summed E-state index contributed by atoms with van der Waals surface area (Å²) in [7, 11) is 0. The maximum absolute atomic E-state index is 14.1. The number of ether oxygens (including phenoxy) is 1. The highest BCUT2D eigenvalue weighted by molar-refractivity contribution is 5.98. The molecule has 170 valence electrons. The molecule has 3 aromatic rings. The number of hydrogen-bond donors (Lipinski definition) is 1. The normalized spacial score (nSPS) is 14.5. The zero-order chi connectivity index (χ0) is 23.0. The van der Waals surface area contributed by atoms with Crippen molar-refractivity contribution in [1.82, 2.24) is 5.32 Å². The number of Topliss-reactive ketones (excluding diaryl/α,β-unsaturated/α-hetero) is 1. The van der Waals surface area contributed by atoms with Gasteiger partial charge in [0.1, 0.15) is 5.82 Å². The molecule has 1 saturated heterocycles. The molecular formula is C27H27FN2O3. The number of hydrogen-bond acceptors (Lipinski definition) is 4. The van der Waals surface area contributed by atoms with Crippen LogP contribution in [0.4, 0.5) is 10.1 Å². The molecule has 0 aromatic heterocycles. The first-order valence-electron chi connectivity index (χ1n) is 11.1. The monoisotopic (exact) mass is 446 g/mol. The predicted molar refractivity (Wildman–Crippen MR) is 126 cm³/mol. The first kappa shape index (κ1) is 22.7. The Bertz CT molecular complexity index is 1080. The van der Waals surface area contributed by atoms with Crippen molar-refractivity contribution in [3.63, 3.8) is 0 Å². The van der Waals surface area contributed by atoms with Crippen molar-refractivity contribution in [2.45, 2.75) is 18.9 Å². The molecule has 0 radical (unpaired) electrons. The molecule has 4 rings (SSSR count). The highest BCUT2D eigenvalue weighted by atomic mass is 19.1. The van der Waals surface area contributed by atoms with E-state index >= 15 is 0 Å². The molecule has 0 bridgehead atoms. The second kappa shape index (κ2) is 10.9. The number of carbonyl (C=O) groups is 2. The Morgan fingerprint density at radius 2 is 1.61 bits per heavy atom. The van der Waals surface area contributed by atoms with Gasteiger partial charge in [0.05, 0.1) is 19.3 Å². The van der Waals surface area contributed by atoms with Gasteiger partial charge >= 0.3 is 0 Å². The Balaban J connectivity index is 1.57. The zero-order valence-electron chi connectivity index (χ0n) is 18.4. The minimum Gasteiger partial charge on any atom is -0.378 e. The van der Waals surface area contributed by atoms with E-state index in [9.17, 15) is 14.0 Å². The molecule has 1 unspecified atom stereocenters. The molecule has 5 nitrogen and oxygen atoms in total. The van der Waals surface area contributed by atoms with Crippen molar-refractivity contribution in [3.05, 3.63) is 101 Å². The molecule has 0 saturated carbocycles. The van der Waals surface area contributed by atoms with Gasteiger partial charge in [-0.05, 0) is 47.9 Å². The quantitative estimate of drug-likeness (QED) is 0.572. The van der Waals surface area contributed by atoms with Crippen LogP contribution in [0.1, 0.15) is 21.5 Å². The first-order valence-corrected chi connectivity index (χ1v) is 11.1. The molecule has 0 spiro atoms. The highest BCUT2D eigenvalue weighted by Crippen LogP contribution is 2.24. The summed E-state index contributed by atoms with van der Waals surface area (Å²) in [6, 6.07) is 22.2. The van der Waals surface area contributed by atoms with Crippen LogP contribution in [0.3, 0.4) is 0 Å². The van der Waals surface area contributed by atoms with Crippen molar-refractivity contribution >= 4 is 17.4 Å². The number of anilines is 1. The number of amides is 1. The van der Waals surface area contributed by atoms with Gasteiger partial charge in [-0.1, -0.05) is 48.5 Å². The minimum absolute atomic E-state index is 0.0248. The lowest BCUT2D eigenvalue weighted by Crippen LogP contribution is -2.43. The van der Waals surface area contributed by atoms with Crippen LogP contribution in [0.2, 0.25) is 0 Å². The molecule has 1 aliphatic heterocycles. The second-order valence-electron chi connectivity index (χ2n) is 8.10. The predicted octanol–water partition coefficient (Wildman–Crippen LogP) is 3.82. The third-order valence-electron chi connectivity index (χ3n) is 5.77. The van der Waals surface area contributed by atoms with Gasteiger partial charge in [0, 0.05) is 30.8 Å². The molecule has 3 aromatic carbocycles. The fourth-order valence-electron chi connectivity index (χ4n) is 4.05. The summed E-state index contributed by atoms with van der Waals surface area (Å²) in [4.78, 5) is 28.4. The molecule has 33 heavy (non-hydrogen) atoms. The number of benzene rings is 3. The fourth-order valence-corrected chi connectivity index (χ4v) is 4.05. The number of rotatable bonds is 8. The van der Waals surface area contributed by atoms with Gasteiger partial charge in [-0.3, -0.25) is 9.59 Å². The molecule has 1 atom stereocenters. The summed E-state index contributed by atoms with van der Waals surface area (Å²) < 4.78 is 19.5. The molecule has 1 aliphatic rings. The smallest absolute Gasteiger partial charge is 0.251 e. The number of nitrogens with one attached hydrogen (secondary N) is 1. The maximum Gasteiger partial charge on any atom is 0.251 e. The van der Waals surface area contributed by atoms with Crippen LogP contribution in [0.5, 0.6) is 0 Å². The first-order chi connectivity index (χ1) is 16.1. The average molecular weight is 447 g/mol. The van der Waals surface area contributed by atoms with Crippen LogP contribution in [0.25, 0.3) is 0 Å². The Labute approximate surface area is 193 Å². The fraction of sp³-hybridized carbons (Fsp3) is 0.259. The van der Waals surface area contributed by atoms with Crippen LogP contribution in [0.15, 0.2) is 78.9 Å². The van der Waals surface area contributed by atoms with E-state index in [4.69, 9.17) is 4.74 Å². The molecule has 6 heteroatoms. The Morgan fingerprint density at radius 3 is 2.30 bits per heavy atom. The summed E-state index contributed by atoms with van der Waals surface area (Å²) in [5.41, 5.74) is 2.88. The van der Waals surface area contributed by atoms with Crippen LogP contribution in [-0.4, -0.2) is 44.0 Å². The molecule has 0 aliphatic carbocycles. The lowest BCUT2D eigenvalue weighted by Gasteiger charge is -2.31. The molecule has 1 heterocycles. The van der Waals surface area contributed by atoms with E-state index < -0.39 is 6.04 Å². The molecule has 1 N–H and O–H groups in total. The Morgan fingerprint density at radius 1 is 0.939 bits per heavy atom. The van der Waals surface area contributed by atoms with Crippen LogP contribution >= 0.6 is 0 Å². The van der Waals surface area contributed by atoms with Gasteiger partial charge in [-0.25, -0.2) is 4.39 Å². The standard InChI is InChI=1S/C27H27FN2O3/c28-23-11-12-25(30-13-15-33-16-14-30)22(18-23)19-26(31)24(17-20-7-3-1-4-8-20)29-27(32)21-9-5-2-6-10-21/h1-12,18,24H,13-17,19H2,(H,29,32). The number of halogens is 1. The van der Waals surface area contributed by atoms with Crippen LogP contribution in [0, 0.1) is 5.82 Å². The number of carbonyl (C=O) groups excluding carboxylic acids is 2. The van der Waals surface area contributed by atoms with Crippen molar-refractivity contribution in [1.29, 1.82) is 0 Å². The van der Waals surface area contributed by atoms with E-state index in [1.54, 1.807) is 30.3 Å². The van der Waals surface area contributed by atoms with E-state index in [0.29, 0.717) is 43.9 Å². The van der Waals surface area contributed by atoms with Crippen molar-refractivity contribution in [3.8, 4) is 0 Å². The zero-order valence-corrected chi connectivity index (χ0v) is 18.4. The topological polar surface area (TPSA) is 58.6 Å². The largest absolute Gasteiger partial charge is 0.378 e. The van der Waals surface area contributed by atoms with E-state index in [0.717, 1.165) is 11.3 Å². The minimum atomic E-state index is -0.735. The molecular weight excluding hydrogens is 419 g/mol. The number of morpholine rings is 1. The number of ketones is 1. The molecule has 1 amide bonds. The third-order valence-corrected chi connectivity index (χ3v) is 5.77. The van der Waals surface area contributed by atoms with E-state index in [1.165, 1.54) is 12.1 Å². The van der Waals surface area contributed by atoms with Crippen molar-refractivity contribution in [2.75, 3.05) is 31.2 Å². The Kier molecular flexibility index (Phi) is 7.47. The van der Waals surface area contributed by atoms with Gasteiger partial charge in [0.15, 0.2) is 5.78 Å². The van der Waals surface area contributed by atoms with E-state index in [2.05, 4.69) is 10.2 Å². The van der Waals surface area contributed by atoms with Crippen LogP contribution in [-0.2, 0) is 22.4 Å². The summed E-state index contributed by atoms with van der Waals surface area (Å²) in [5, 5.41) is 2.90. The maximum atomic E-state index is 14.1. The molecule has 1 fully saturated rings. The second-order valence-corrected chi connectivity index (χ2v) is 8.10. The summed E-state index contributed by atoms with van der Waals surface area (Å²) in [5.74, 6) is -0.858. The van der Waals surface area contributed by atoms with E-state index in [1.807, 2.05) is 36.4 Å². The van der Waals surface area contributed by atoms with Gasteiger partial charge in [-0.15, -0.1) is 0 Å². The van der Waals surface area contributed by atoms with Gasteiger partial charge in [-0.2, -0.15) is 0 Å². The van der Waals surface area contributed by atoms with Crippen LogP contribution < -0.4 is 10.2 Å². The lowest BCUT2D eigenvalue weighted by molar-refractivity contribution is -0.120. The van der Waals surface area contributed by atoms with Gasteiger partial charge in [0.2, 0.25) is 0 Å². The van der Waals surface area contributed by atoms with Gasteiger partial charge in [0.25, 0.3) is 5.91 Å². The SMILES string of the molecule is O=C(NC(Cc1ccccc1)C(=O)Cc1cc(F)ccc1N1CCOCC1)c1ccccc1. The number of nitrogens with zero attached hydrogens (tertiary/aromatic N) is 1. The average Bonchev–Trinajstić information content (AvgIpc) is 2.85. The Hall–Kier alpha value is -3.51. The summed E-state index contributed by atoms with van der Waals surface area (Å²) in [6.07, 6.45) is 0.386. The third kappa shape index (κ3) is 6.05. The summed E-state index contributed by atoms with van der Waals surface area (Å²) in [6.45, 7) is 2.55. The highest BCUT2D eigenvalue weighted by Gasteiger charge is 2.24. The van der Waals surface area contributed by atoms with E-state index in [-0.39, 0.29) is 23.9 Å². The lowest BCUT2D eigenvalue weighted by atomic mass is 9.96.